The van der Waals surface area contributed by atoms with E-state index in [9.17, 15) is 22.8 Å². The molecule has 0 heterocycles. The molecule has 0 fully saturated rings. The lowest BCUT2D eigenvalue weighted by molar-refractivity contribution is -0.137. The van der Waals surface area contributed by atoms with E-state index in [1.807, 2.05) is 6.92 Å². The van der Waals surface area contributed by atoms with Gasteiger partial charge in [-0.15, -0.1) is 0 Å². The zero-order valence-electron chi connectivity index (χ0n) is 14.6. The first-order chi connectivity index (χ1) is 12.8. The number of alkyl halides is 3. The maximum absolute atomic E-state index is 12.8. The number of benzene rings is 2. The van der Waals surface area contributed by atoms with E-state index < -0.39 is 17.6 Å². The average molecular weight is 380 g/mol. The van der Waals surface area contributed by atoms with Crippen LogP contribution in [-0.4, -0.2) is 25.0 Å². The Morgan fingerprint density at radius 1 is 1.00 bits per heavy atom. The Kier molecular flexibility index (Phi) is 6.95. The largest absolute Gasteiger partial charge is 0.416 e. The van der Waals surface area contributed by atoms with Crippen LogP contribution in [0.3, 0.4) is 0 Å². The highest BCUT2D eigenvalue weighted by Gasteiger charge is 2.30. The van der Waals surface area contributed by atoms with Crippen molar-refractivity contribution < 1.29 is 27.5 Å². The molecule has 0 saturated heterocycles. The summed E-state index contributed by atoms with van der Waals surface area (Å²) < 4.78 is 43.4. The zero-order valence-corrected chi connectivity index (χ0v) is 14.6. The van der Waals surface area contributed by atoms with Crippen LogP contribution in [0.4, 0.5) is 24.5 Å². The first kappa shape index (κ1) is 20.4. The van der Waals surface area contributed by atoms with Crippen molar-refractivity contribution in [3.63, 3.8) is 0 Å². The molecule has 2 N–H and O–H groups in total. The van der Waals surface area contributed by atoms with Gasteiger partial charge in [-0.2, -0.15) is 13.2 Å². The van der Waals surface area contributed by atoms with Gasteiger partial charge in [-0.3, -0.25) is 9.59 Å². The smallest absolute Gasteiger partial charge is 0.372 e. The highest BCUT2D eigenvalue weighted by molar-refractivity contribution is 6.05. The van der Waals surface area contributed by atoms with Crippen LogP contribution in [0, 0.1) is 0 Å². The quantitative estimate of drug-likeness (QED) is 0.703. The standard InChI is InChI=1S/C19H19F3N2O3/c1-2-9-27-12-17(25)23-15-7-3-5-13(10-15)18(26)24-16-8-4-6-14(11-16)19(20,21)22/h3-8,10-11H,2,9,12H2,1H3,(H,23,25)(H,24,26). The number of nitrogens with one attached hydrogen (secondary N) is 2. The van der Waals surface area contributed by atoms with Crippen molar-refractivity contribution in [2.45, 2.75) is 19.5 Å². The van der Waals surface area contributed by atoms with Crippen LogP contribution in [0.5, 0.6) is 0 Å². The zero-order chi connectivity index (χ0) is 19.9. The third kappa shape index (κ3) is 6.41. The second-order valence-corrected chi connectivity index (χ2v) is 5.71. The molecule has 0 saturated carbocycles. The van der Waals surface area contributed by atoms with Gasteiger partial charge in [0.25, 0.3) is 5.91 Å². The summed E-state index contributed by atoms with van der Waals surface area (Å²) in [5.74, 6) is -0.952. The molecule has 0 spiro atoms. The van der Waals surface area contributed by atoms with Gasteiger partial charge in [0.2, 0.25) is 5.91 Å². The van der Waals surface area contributed by atoms with Crippen molar-refractivity contribution >= 4 is 23.2 Å². The van der Waals surface area contributed by atoms with Gasteiger partial charge in [-0.05, 0) is 42.8 Å². The van der Waals surface area contributed by atoms with E-state index in [2.05, 4.69) is 10.6 Å². The van der Waals surface area contributed by atoms with Gasteiger partial charge in [-0.1, -0.05) is 19.1 Å². The van der Waals surface area contributed by atoms with Crippen LogP contribution in [0.25, 0.3) is 0 Å². The Morgan fingerprint density at radius 3 is 2.33 bits per heavy atom. The predicted octanol–water partition coefficient (Wildman–Crippen LogP) is 4.32. The maximum atomic E-state index is 12.8. The molecule has 0 aliphatic heterocycles. The minimum Gasteiger partial charge on any atom is -0.372 e. The Labute approximate surface area is 154 Å². The lowest BCUT2D eigenvalue weighted by Crippen LogP contribution is -2.19. The van der Waals surface area contributed by atoms with E-state index in [0.717, 1.165) is 18.6 Å². The summed E-state index contributed by atoms with van der Waals surface area (Å²) in [4.78, 5) is 24.0. The Bertz CT molecular complexity index is 807. The second kappa shape index (κ2) is 9.18. The van der Waals surface area contributed by atoms with E-state index >= 15 is 0 Å². The molecular formula is C19H19F3N2O3. The first-order valence-electron chi connectivity index (χ1n) is 8.26. The molecule has 2 aromatic rings. The molecular weight excluding hydrogens is 361 g/mol. The fraction of sp³-hybridized carbons (Fsp3) is 0.263. The van der Waals surface area contributed by atoms with Gasteiger partial charge in [0.15, 0.2) is 0 Å². The molecule has 0 bridgehead atoms. The van der Waals surface area contributed by atoms with Gasteiger partial charge in [0.05, 0.1) is 5.56 Å². The summed E-state index contributed by atoms with van der Waals surface area (Å²) in [7, 11) is 0. The first-order valence-corrected chi connectivity index (χ1v) is 8.26. The number of rotatable bonds is 7. The van der Waals surface area contributed by atoms with Gasteiger partial charge >= 0.3 is 6.18 Å². The lowest BCUT2D eigenvalue weighted by atomic mass is 10.1. The minimum absolute atomic E-state index is 0.0252. The molecule has 2 amide bonds. The number of carbonyl (C=O) groups is 2. The topological polar surface area (TPSA) is 67.4 Å². The predicted molar refractivity (Wildman–Crippen MR) is 95.6 cm³/mol. The summed E-state index contributed by atoms with van der Waals surface area (Å²) in [5, 5.41) is 5.01. The molecule has 5 nitrogen and oxygen atoms in total. The Hall–Kier alpha value is -2.87. The lowest BCUT2D eigenvalue weighted by Gasteiger charge is -2.11. The van der Waals surface area contributed by atoms with Crippen LogP contribution in [-0.2, 0) is 15.7 Å². The molecule has 2 rings (SSSR count). The summed E-state index contributed by atoms with van der Waals surface area (Å²) in [6.07, 6.45) is -3.71. The Balaban J connectivity index is 2.04. The maximum Gasteiger partial charge on any atom is 0.416 e. The van der Waals surface area contributed by atoms with E-state index in [4.69, 9.17) is 4.74 Å². The molecule has 2 aromatic carbocycles. The number of anilines is 2. The third-order valence-corrected chi connectivity index (χ3v) is 3.44. The SMILES string of the molecule is CCCOCC(=O)Nc1cccc(C(=O)Nc2cccc(C(F)(F)F)c2)c1. The van der Waals surface area contributed by atoms with E-state index in [1.165, 1.54) is 24.3 Å². The number of amides is 2. The average Bonchev–Trinajstić information content (AvgIpc) is 2.61. The monoisotopic (exact) mass is 380 g/mol. The summed E-state index contributed by atoms with van der Waals surface area (Å²) >= 11 is 0. The van der Waals surface area contributed by atoms with Crippen LogP contribution in [0.2, 0.25) is 0 Å². The fourth-order valence-corrected chi connectivity index (χ4v) is 2.22. The molecule has 0 atom stereocenters. The van der Waals surface area contributed by atoms with Crippen molar-refractivity contribution in [2.75, 3.05) is 23.8 Å². The van der Waals surface area contributed by atoms with Crippen LogP contribution < -0.4 is 10.6 Å². The van der Waals surface area contributed by atoms with Gasteiger partial charge in [0.1, 0.15) is 6.61 Å². The number of carbonyl (C=O) groups excluding carboxylic acids is 2. The van der Waals surface area contributed by atoms with Crippen molar-refractivity contribution in [2.24, 2.45) is 0 Å². The van der Waals surface area contributed by atoms with E-state index in [0.29, 0.717) is 12.3 Å². The summed E-state index contributed by atoms with van der Waals surface area (Å²) in [6, 6.07) is 10.4. The minimum atomic E-state index is -4.50. The number of ether oxygens (including phenoxy) is 1. The van der Waals surface area contributed by atoms with Gasteiger partial charge < -0.3 is 15.4 Å². The molecule has 144 valence electrons. The van der Waals surface area contributed by atoms with Crippen molar-refractivity contribution in [1.82, 2.24) is 0 Å². The van der Waals surface area contributed by atoms with E-state index in [1.54, 1.807) is 12.1 Å². The summed E-state index contributed by atoms with van der Waals surface area (Å²) in [5.41, 5.74) is -0.248. The van der Waals surface area contributed by atoms with Crippen molar-refractivity contribution in [1.29, 1.82) is 0 Å². The normalized spacial score (nSPS) is 11.1. The third-order valence-electron chi connectivity index (χ3n) is 3.44. The van der Waals surface area contributed by atoms with Crippen LogP contribution in [0.15, 0.2) is 48.5 Å². The molecule has 0 aliphatic rings. The number of hydrogen-bond acceptors (Lipinski definition) is 3. The molecule has 0 radical (unpaired) electrons. The van der Waals surface area contributed by atoms with Crippen molar-refractivity contribution in [3.8, 4) is 0 Å². The second-order valence-electron chi connectivity index (χ2n) is 5.71. The van der Waals surface area contributed by atoms with Gasteiger partial charge in [0, 0.05) is 23.5 Å². The van der Waals surface area contributed by atoms with Crippen molar-refractivity contribution in [3.05, 3.63) is 59.7 Å². The van der Waals surface area contributed by atoms with Crippen LogP contribution in [0.1, 0.15) is 29.3 Å². The molecule has 8 heteroatoms. The highest BCUT2D eigenvalue weighted by atomic mass is 19.4. The van der Waals surface area contributed by atoms with E-state index in [-0.39, 0.29) is 23.8 Å². The fourth-order valence-electron chi connectivity index (χ4n) is 2.22. The molecule has 0 aliphatic carbocycles. The molecule has 0 aromatic heterocycles. The highest BCUT2D eigenvalue weighted by Crippen LogP contribution is 2.30. The van der Waals surface area contributed by atoms with Crippen LogP contribution >= 0.6 is 0 Å². The Morgan fingerprint density at radius 2 is 1.67 bits per heavy atom. The number of hydrogen-bond donors (Lipinski definition) is 2. The summed E-state index contributed by atoms with van der Waals surface area (Å²) in [6.45, 7) is 2.28. The molecule has 27 heavy (non-hydrogen) atoms. The number of halogens is 3. The molecule has 0 unspecified atom stereocenters. The van der Waals surface area contributed by atoms with Gasteiger partial charge in [-0.25, -0.2) is 0 Å².